The van der Waals surface area contributed by atoms with Gasteiger partial charge in [0.05, 0.1) is 29.0 Å². The predicted octanol–water partition coefficient (Wildman–Crippen LogP) is 2.65. The number of carbonyl (C=O) groups excluding carboxylic acids is 1. The van der Waals surface area contributed by atoms with Crippen LogP contribution in [0.5, 0.6) is 11.5 Å². The summed E-state index contributed by atoms with van der Waals surface area (Å²) in [5, 5.41) is 14.4. The highest BCUT2D eigenvalue weighted by molar-refractivity contribution is 7.22. The Morgan fingerprint density at radius 3 is 2.81 bits per heavy atom. The third kappa shape index (κ3) is 4.04. The lowest BCUT2D eigenvalue weighted by Crippen LogP contribution is -2.48. The van der Waals surface area contributed by atoms with E-state index in [-0.39, 0.29) is 23.5 Å². The number of nitrogens with zero attached hydrogens (tertiary/aromatic N) is 3. The Morgan fingerprint density at radius 2 is 2.06 bits per heavy atom. The molecule has 0 spiro atoms. The van der Waals surface area contributed by atoms with E-state index in [1.54, 1.807) is 19.1 Å². The number of fused-ring (bicyclic) bond motifs is 2. The molecule has 12 heteroatoms. The molecular formula is C20H18F2N4O5S. The molecule has 32 heavy (non-hydrogen) atoms. The molecular weight excluding hydrogens is 446 g/mol. The van der Waals surface area contributed by atoms with Gasteiger partial charge >= 0.3 is 6.29 Å². The van der Waals surface area contributed by atoms with Crippen molar-refractivity contribution < 1.29 is 32.5 Å². The molecule has 0 bridgehead atoms. The number of hydrogen-bond donors (Lipinski definition) is 1. The van der Waals surface area contributed by atoms with Crippen molar-refractivity contribution in [2.24, 2.45) is 0 Å². The maximum Gasteiger partial charge on any atom is 0.586 e. The summed E-state index contributed by atoms with van der Waals surface area (Å²) < 4.78 is 42.4. The third-order valence-corrected chi connectivity index (χ3v) is 6.30. The van der Waals surface area contributed by atoms with Gasteiger partial charge < -0.3 is 24.7 Å². The van der Waals surface area contributed by atoms with Crippen LogP contribution in [0.1, 0.15) is 18.6 Å². The second-order valence-electron chi connectivity index (χ2n) is 7.46. The first-order chi connectivity index (χ1) is 15.3. The zero-order valence-corrected chi connectivity index (χ0v) is 17.6. The molecule has 5 rings (SSSR count). The molecule has 168 valence electrons. The predicted molar refractivity (Wildman–Crippen MR) is 110 cm³/mol. The van der Waals surface area contributed by atoms with E-state index < -0.39 is 12.3 Å². The van der Waals surface area contributed by atoms with Gasteiger partial charge in [-0.1, -0.05) is 11.3 Å². The normalized spacial score (nSPS) is 20.9. The van der Waals surface area contributed by atoms with Crippen molar-refractivity contribution in [2.75, 3.05) is 25.0 Å². The van der Waals surface area contributed by atoms with Crippen molar-refractivity contribution in [1.82, 2.24) is 9.88 Å². The van der Waals surface area contributed by atoms with E-state index in [0.29, 0.717) is 39.8 Å². The number of thiazole rings is 1. The molecule has 2 aromatic heterocycles. The second kappa shape index (κ2) is 7.80. The fourth-order valence-corrected chi connectivity index (χ4v) is 4.54. The Bertz CT molecular complexity index is 1130. The Kier molecular flexibility index (Phi) is 5.07. The molecule has 1 aromatic carbocycles. The highest BCUT2D eigenvalue weighted by Gasteiger charge is 2.43. The van der Waals surface area contributed by atoms with Crippen LogP contribution in [0, 0.1) is 5.21 Å². The second-order valence-corrected chi connectivity index (χ2v) is 8.49. The van der Waals surface area contributed by atoms with Gasteiger partial charge in [0.2, 0.25) is 5.91 Å². The number of nitrogens with one attached hydrogen (secondary N) is 1. The third-order valence-electron chi connectivity index (χ3n) is 5.37. The lowest BCUT2D eigenvalue weighted by atomic mass is 10.1. The molecule has 0 saturated carbocycles. The number of rotatable bonds is 4. The molecule has 2 atom stereocenters. The van der Waals surface area contributed by atoms with Crippen LogP contribution in [0.4, 0.5) is 13.9 Å². The van der Waals surface area contributed by atoms with Crippen LogP contribution in [0.3, 0.4) is 0 Å². The molecule has 0 unspecified atom stereocenters. The van der Waals surface area contributed by atoms with Gasteiger partial charge in [0.25, 0.3) is 0 Å². The van der Waals surface area contributed by atoms with Gasteiger partial charge in [-0.15, -0.1) is 8.78 Å². The molecule has 1 fully saturated rings. The van der Waals surface area contributed by atoms with Crippen molar-refractivity contribution in [1.29, 1.82) is 0 Å². The van der Waals surface area contributed by atoms with E-state index in [0.717, 1.165) is 16.9 Å². The van der Waals surface area contributed by atoms with E-state index in [9.17, 15) is 18.8 Å². The fraction of sp³-hybridized carbons (Fsp3) is 0.350. The minimum atomic E-state index is -3.69. The van der Waals surface area contributed by atoms with E-state index >= 15 is 0 Å². The molecule has 1 saturated heterocycles. The summed E-state index contributed by atoms with van der Waals surface area (Å²) in [7, 11) is 0. The summed E-state index contributed by atoms with van der Waals surface area (Å²) in [5.41, 5.74) is 1.28. The van der Waals surface area contributed by atoms with Crippen molar-refractivity contribution in [2.45, 2.75) is 25.4 Å². The number of benzene rings is 1. The van der Waals surface area contributed by atoms with Crippen LogP contribution in [-0.2, 0) is 9.53 Å². The van der Waals surface area contributed by atoms with Gasteiger partial charge in [0, 0.05) is 37.4 Å². The van der Waals surface area contributed by atoms with Crippen molar-refractivity contribution in [3.63, 3.8) is 0 Å². The molecule has 0 aliphatic carbocycles. The Hall–Kier alpha value is -3.09. The first-order valence-electron chi connectivity index (χ1n) is 9.83. The molecule has 0 radical (unpaired) electrons. The average molecular weight is 464 g/mol. The summed E-state index contributed by atoms with van der Waals surface area (Å²) in [4.78, 5) is 19.1. The monoisotopic (exact) mass is 464 g/mol. The van der Waals surface area contributed by atoms with Gasteiger partial charge in [-0.2, -0.15) is 4.73 Å². The van der Waals surface area contributed by atoms with Crippen LogP contribution in [0.15, 0.2) is 36.7 Å². The number of pyridine rings is 1. The van der Waals surface area contributed by atoms with E-state index in [4.69, 9.17) is 4.74 Å². The molecule has 2 aliphatic heterocycles. The topological polar surface area (TPSA) is 99.9 Å². The van der Waals surface area contributed by atoms with Crippen LogP contribution in [0.25, 0.3) is 10.2 Å². The quantitative estimate of drug-likeness (QED) is 0.468. The lowest BCUT2D eigenvalue weighted by Gasteiger charge is -2.36. The zero-order valence-electron chi connectivity index (χ0n) is 16.8. The van der Waals surface area contributed by atoms with E-state index in [1.807, 2.05) is 4.90 Å². The Balaban J connectivity index is 1.26. The number of carbonyl (C=O) groups is 1. The minimum absolute atomic E-state index is 0.0693. The summed E-state index contributed by atoms with van der Waals surface area (Å²) >= 11 is 1.16. The van der Waals surface area contributed by atoms with Crippen molar-refractivity contribution in [3.8, 4) is 11.5 Å². The highest BCUT2D eigenvalue weighted by Crippen LogP contribution is 2.44. The molecule has 9 nitrogen and oxygen atoms in total. The average Bonchev–Trinajstić information content (AvgIpc) is 3.28. The molecule has 2 aliphatic rings. The number of halogens is 2. The summed E-state index contributed by atoms with van der Waals surface area (Å²) in [6, 6.07) is 5.72. The largest absolute Gasteiger partial charge is 0.619 e. The Morgan fingerprint density at radius 1 is 1.34 bits per heavy atom. The summed E-state index contributed by atoms with van der Waals surface area (Å²) in [6.07, 6.45) is -1.12. The fourth-order valence-electron chi connectivity index (χ4n) is 3.66. The number of ether oxygens (including phenoxy) is 3. The molecule has 4 heterocycles. The number of anilines is 1. The molecule has 1 amide bonds. The van der Waals surface area contributed by atoms with Gasteiger partial charge in [-0.3, -0.25) is 9.69 Å². The van der Waals surface area contributed by atoms with Gasteiger partial charge in [-0.25, -0.2) is 4.98 Å². The maximum atomic E-state index is 13.2. The van der Waals surface area contributed by atoms with Gasteiger partial charge in [-0.05, 0) is 12.5 Å². The number of morpholine rings is 1. The van der Waals surface area contributed by atoms with Crippen molar-refractivity contribution >= 4 is 32.6 Å². The number of amides is 1. The zero-order chi connectivity index (χ0) is 22.5. The molecule has 1 N–H and O–H groups in total. The van der Waals surface area contributed by atoms with Crippen molar-refractivity contribution in [3.05, 3.63) is 47.4 Å². The standard InChI is InChI=1S/C20H18F2N4O5S/c1-11(25-6-7-29-16(10-25)12-2-4-26(28)5-3-12)18(27)24-19-23-13-8-14-15(9-17(13)32-19)31-20(21,22)30-14/h2-5,8-9,11,16H,6-7,10H2,1H3,(H,23,24,27)/t11-,16-/m0/s1. The minimum Gasteiger partial charge on any atom is -0.619 e. The molecule has 3 aromatic rings. The van der Waals surface area contributed by atoms with Gasteiger partial charge in [0.15, 0.2) is 29.0 Å². The lowest BCUT2D eigenvalue weighted by molar-refractivity contribution is -0.605. The maximum absolute atomic E-state index is 13.2. The van der Waals surface area contributed by atoms with Crippen LogP contribution in [-0.4, -0.2) is 47.8 Å². The van der Waals surface area contributed by atoms with Gasteiger partial charge in [0.1, 0.15) is 0 Å². The number of alkyl halides is 2. The van der Waals surface area contributed by atoms with Crippen LogP contribution >= 0.6 is 11.3 Å². The first-order valence-corrected chi connectivity index (χ1v) is 10.6. The van der Waals surface area contributed by atoms with Crippen LogP contribution in [0.2, 0.25) is 0 Å². The first kappa shape index (κ1) is 20.8. The highest BCUT2D eigenvalue weighted by atomic mass is 32.1. The Labute approximate surface area is 184 Å². The SMILES string of the molecule is C[C@@H](C(=O)Nc1nc2cc3c(cc2s1)OC(F)(F)O3)N1CCO[C@H](c2cc[n+]([O-])cc2)C1. The van der Waals surface area contributed by atoms with E-state index in [1.165, 1.54) is 24.5 Å². The van der Waals surface area contributed by atoms with Crippen LogP contribution < -0.4 is 19.5 Å². The number of hydrogen-bond acceptors (Lipinski definition) is 8. The summed E-state index contributed by atoms with van der Waals surface area (Å²) in [5.74, 6) is -0.413. The smallest absolute Gasteiger partial charge is 0.586 e. The van der Waals surface area contributed by atoms with E-state index in [2.05, 4.69) is 19.8 Å². The number of aromatic nitrogens is 2. The summed E-state index contributed by atoms with van der Waals surface area (Å²) in [6.45, 7) is 3.31.